The SMILES string of the molecule is CC(O)COC(=O)c1cc(C(=O)OCC(C)O)cc(S(=O)(=O)O)c1. The molecule has 0 aliphatic heterocycles. The minimum Gasteiger partial charge on any atom is -0.459 e. The van der Waals surface area contributed by atoms with Crippen LogP contribution in [0.3, 0.4) is 0 Å². The van der Waals surface area contributed by atoms with Crippen LogP contribution in [0, 0.1) is 0 Å². The molecule has 0 saturated heterocycles. The molecule has 1 rings (SSSR count). The van der Waals surface area contributed by atoms with E-state index in [0.717, 1.165) is 18.2 Å². The van der Waals surface area contributed by atoms with E-state index in [9.17, 15) is 18.0 Å². The van der Waals surface area contributed by atoms with Crippen molar-refractivity contribution in [2.75, 3.05) is 13.2 Å². The van der Waals surface area contributed by atoms with Crippen LogP contribution in [0.2, 0.25) is 0 Å². The van der Waals surface area contributed by atoms with Crippen molar-refractivity contribution in [3.05, 3.63) is 29.3 Å². The van der Waals surface area contributed by atoms with E-state index in [4.69, 9.17) is 24.2 Å². The summed E-state index contributed by atoms with van der Waals surface area (Å²) in [6.07, 6.45) is -1.87. The summed E-state index contributed by atoms with van der Waals surface area (Å²) >= 11 is 0. The number of carbonyl (C=O) groups excluding carboxylic acids is 2. The van der Waals surface area contributed by atoms with Crippen LogP contribution < -0.4 is 0 Å². The second kappa shape index (κ2) is 8.20. The van der Waals surface area contributed by atoms with E-state index in [1.165, 1.54) is 13.8 Å². The van der Waals surface area contributed by atoms with Gasteiger partial charge in [-0.25, -0.2) is 9.59 Å². The molecule has 2 atom stereocenters. The molecular formula is C14H18O9S. The van der Waals surface area contributed by atoms with E-state index in [-0.39, 0.29) is 24.3 Å². The molecule has 9 nitrogen and oxygen atoms in total. The van der Waals surface area contributed by atoms with Crippen molar-refractivity contribution in [2.24, 2.45) is 0 Å². The summed E-state index contributed by atoms with van der Waals surface area (Å²) in [5, 5.41) is 18.2. The minimum atomic E-state index is -4.69. The Balaban J connectivity index is 3.18. The fraction of sp³-hybridized carbons (Fsp3) is 0.429. The van der Waals surface area contributed by atoms with Gasteiger partial charge in [0.2, 0.25) is 0 Å². The van der Waals surface area contributed by atoms with Gasteiger partial charge in [-0.1, -0.05) is 0 Å². The lowest BCUT2D eigenvalue weighted by Crippen LogP contribution is -2.18. The monoisotopic (exact) mass is 362 g/mol. The van der Waals surface area contributed by atoms with Gasteiger partial charge >= 0.3 is 11.9 Å². The maximum atomic E-state index is 11.9. The predicted octanol–water partition coefficient (Wildman–Crippen LogP) is 0.00850. The van der Waals surface area contributed by atoms with Crippen LogP contribution in [0.25, 0.3) is 0 Å². The maximum absolute atomic E-state index is 11.9. The molecule has 1 aromatic rings. The molecule has 3 N–H and O–H groups in total. The molecular weight excluding hydrogens is 344 g/mol. The maximum Gasteiger partial charge on any atom is 0.338 e. The highest BCUT2D eigenvalue weighted by Crippen LogP contribution is 2.17. The lowest BCUT2D eigenvalue weighted by atomic mass is 10.1. The number of benzene rings is 1. The van der Waals surface area contributed by atoms with Crippen molar-refractivity contribution in [3.63, 3.8) is 0 Å². The first-order valence-electron chi connectivity index (χ1n) is 6.83. The topological polar surface area (TPSA) is 147 Å². The van der Waals surface area contributed by atoms with E-state index in [0.29, 0.717) is 0 Å². The molecule has 0 spiro atoms. The molecule has 0 bridgehead atoms. The molecule has 0 aliphatic rings. The quantitative estimate of drug-likeness (QED) is 0.450. The largest absolute Gasteiger partial charge is 0.459 e. The number of rotatable bonds is 7. The molecule has 0 saturated carbocycles. The smallest absolute Gasteiger partial charge is 0.338 e. The van der Waals surface area contributed by atoms with Gasteiger partial charge in [0.25, 0.3) is 10.1 Å². The number of hydrogen-bond acceptors (Lipinski definition) is 8. The van der Waals surface area contributed by atoms with Crippen molar-refractivity contribution < 1.29 is 42.2 Å². The molecule has 0 aromatic heterocycles. The van der Waals surface area contributed by atoms with E-state index < -0.39 is 39.2 Å². The normalized spacial score (nSPS) is 13.9. The summed E-state index contributed by atoms with van der Waals surface area (Å²) in [5.41, 5.74) is -0.649. The van der Waals surface area contributed by atoms with Gasteiger partial charge in [-0.2, -0.15) is 8.42 Å². The second-order valence-electron chi connectivity index (χ2n) is 5.12. The third kappa shape index (κ3) is 6.24. The van der Waals surface area contributed by atoms with Gasteiger partial charge in [-0.15, -0.1) is 0 Å². The highest BCUT2D eigenvalue weighted by Gasteiger charge is 2.20. The fourth-order valence-corrected chi connectivity index (χ4v) is 2.09. The van der Waals surface area contributed by atoms with Crippen molar-refractivity contribution in [1.82, 2.24) is 0 Å². The Morgan fingerprint density at radius 2 is 1.33 bits per heavy atom. The molecule has 0 radical (unpaired) electrons. The van der Waals surface area contributed by atoms with Crippen molar-refractivity contribution in [3.8, 4) is 0 Å². The Kier molecular flexibility index (Phi) is 6.84. The molecule has 134 valence electrons. The summed E-state index contributed by atoms with van der Waals surface area (Å²) in [6.45, 7) is 2.08. The van der Waals surface area contributed by atoms with Gasteiger partial charge < -0.3 is 19.7 Å². The van der Waals surface area contributed by atoms with E-state index in [2.05, 4.69) is 0 Å². The number of esters is 2. The first kappa shape index (κ1) is 20.0. The van der Waals surface area contributed by atoms with Crippen molar-refractivity contribution >= 4 is 22.1 Å². The van der Waals surface area contributed by atoms with Crippen LogP contribution in [0.1, 0.15) is 34.6 Å². The van der Waals surface area contributed by atoms with E-state index in [1.54, 1.807) is 0 Å². The molecule has 0 heterocycles. The summed E-state index contributed by atoms with van der Waals surface area (Å²) in [6, 6.07) is 2.67. The molecule has 2 unspecified atom stereocenters. The summed E-state index contributed by atoms with van der Waals surface area (Å²) in [5.74, 6) is -1.99. The van der Waals surface area contributed by atoms with Gasteiger partial charge in [0, 0.05) is 0 Å². The summed E-state index contributed by atoms with van der Waals surface area (Å²) in [4.78, 5) is 23.0. The van der Waals surface area contributed by atoms with Crippen LogP contribution in [0.15, 0.2) is 23.1 Å². The lowest BCUT2D eigenvalue weighted by Gasteiger charge is -2.10. The first-order valence-corrected chi connectivity index (χ1v) is 8.27. The number of ether oxygens (including phenoxy) is 2. The zero-order valence-corrected chi connectivity index (χ0v) is 13.8. The lowest BCUT2D eigenvalue weighted by molar-refractivity contribution is 0.0290. The van der Waals surface area contributed by atoms with Crippen LogP contribution in [0.4, 0.5) is 0 Å². The first-order chi connectivity index (χ1) is 11.0. The minimum absolute atomic E-state index is 0.324. The van der Waals surface area contributed by atoms with Gasteiger partial charge in [0.05, 0.1) is 28.2 Å². The Morgan fingerprint density at radius 3 is 1.62 bits per heavy atom. The molecule has 0 fully saturated rings. The standard InChI is InChI=1S/C14H18O9S/c1-8(15)6-22-13(17)10-3-11(14(18)23-7-9(2)16)5-12(4-10)24(19,20)21/h3-5,8-9,15-16H,6-7H2,1-2H3,(H,19,20,21). The zero-order chi connectivity index (χ0) is 18.5. The highest BCUT2D eigenvalue weighted by molar-refractivity contribution is 7.85. The predicted molar refractivity (Wildman–Crippen MR) is 80.2 cm³/mol. The third-order valence-corrected chi connectivity index (χ3v) is 3.42. The average Bonchev–Trinajstić information content (AvgIpc) is 2.48. The van der Waals surface area contributed by atoms with E-state index >= 15 is 0 Å². The molecule has 10 heteroatoms. The Bertz CT molecular complexity index is 665. The third-order valence-electron chi connectivity index (χ3n) is 2.59. The molecule has 0 amide bonds. The second-order valence-corrected chi connectivity index (χ2v) is 6.54. The van der Waals surface area contributed by atoms with Crippen LogP contribution in [-0.4, -0.2) is 60.5 Å². The zero-order valence-electron chi connectivity index (χ0n) is 13.0. The highest BCUT2D eigenvalue weighted by atomic mass is 32.2. The molecule has 0 aliphatic carbocycles. The van der Waals surface area contributed by atoms with Crippen LogP contribution >= 0.6 is 0 Å². The van der Waals surface area contributed by atoms with Gasteiger partial charge in [-0.3, -0.25) is 4.55 Å². The van der Waals surface area contributed by atoms with Crippen molar-refractivity contribution in [1.29, 1.82) is 0 Å². The van der Waals surface area contributed by atoms with Gasteiger partial charge in [0.15, 0.2) is 0 Å². The van der Waals surface area contributed by atoms with Crippen molar-refractivity contribution in [2.45, 2.75) is 31.0 Å². The molecule has 24 heavy (non-hydrogen) atoms. The number of aliphatic hydroxyl groups is 2. The number of hydrogen-bond donors (Lipinski definition) is 3. The van der Waals surface area contributed by atoms with Gasteiger partial charge in [0.1, 0.15) is 13.2 Å². The Morgan fingerprint density at radius 1 is 0.958 bits per heavy atom. The Hall–Kier alpha value is -2.01. The summed E-state index contributed by atoms with van der Waals surface area (Å²) in [7, 11) is -4.69. The van der Waals surface area contributed by atoms with Gasteiger partial charge in [-0.05, 0) is 32.0 Å². The number of aliphatic hydroxyl groups excluding tert-OH is 2. The Labute approximate surface area is 138 Å². The fourth-order valence-electron chi connectivity index (χ4n) is 1.54. The number of carbonyl (C=O) groups is 2. The van der Waals surface area contributed by atoms with Crippen LogP contribution in [0.5, 0.6) is 0 Å². The average molecular weight is 362 g/mol. The molecule has 1 aromatic carbocycles. The van der Waals surface area contributed by atoms with E-state index in [1.807, 2.05) is 0 Å². The summed E-state index contributed by atoms with van der Waals surface area (Å²) < 4.78 is 41.2. The van der Waals surface area contributed by atoms with Crippen LogP contribution in [-0.2, 0) is 19.6 Å².